The van der Waals surface area contributed by atoms with E-state index >= 15 is 0 Å². The highest BCUT2D eigenvalue weighted by Crippen LogP contribution is 2.34. The number of fused-ring (bicyclic) bond motifs is 1. The standard InChI is InChI=1S/C19H13Cl3N4O/c1-10-7-12(19-23-5-6-24-19)11-3-2-4-15(17(11)26-10)27-9-13-14(20)8-25-18(22)16(13)21/h2-8H,9H2,1H3,(H,23,24). The first-order valence-electron chi connectivity index (χ1n) is 8.06. The molecule has 0 radical (unpaired) electrons. The second-order valence-electron chi connectivity index (χ2n) is 5.88. The summed E-state index contributed by atoms with van der Waals surface area (Å²) in [5, 5.41) is 1.79. The normalized spacial score (nSPS) is 11.1. The molecule has 0 amide bonds. The summed E-state index contributed by atoms with van der Waals surface area (Å²) >= 11 is 18.4. The van der Waals surface area contributed by atoms with Gasteiger partial charge in [-0.1, -0.05) is 46.9 Å². The monoisotopic (exact) mass is 418 g/mol. The van der Waals surface area contributed by atoms with Crippen LogP contribution in [-0.4, -0.2) is 19.9 Å². The molecule has 136 valence electrons. The molecule has 4 aromatic rings. The molecule has 0 saturated heterocycles. The molecular weight excluding hydrogens is 407 g/mol. The second-order valence-corrected chi connectivity index (χ2v) is 7.02. The molecule has 0 aliphatic heterocycles. The van der Waals surface area contributed by atoms with E-state index in [9.17, 15) is 0 Å². The molecule has 3 heterocycles. The highest BCUT2D eigenvalue weighted by molar-refractivity contribution is 6.43. The molecule has 0 aliphatic rings. The van der Waals surface area contributed by atoms with Crippen molar-refractivity contribution in [1.82, 2.24) is 19.9 Å². The van der Waals surface area contributed by atoms with Gasteiger partial charge in [-0.25, -0.2) is 15.0 Å². The van der Waals surface area contributed by atoms with Crippen LogP contribution >= 0.6 is 34.8 Å². The SMILES string of the molecule is Cc1cc(-c2ncc[nH]2)c2cccc(OCc3c(Cl)cnc(Cl)c3Cl)c2n1. The number of halogens is 3. The quantitative estimate of drug-likeness (QED) is 0.420. The van der Waals surface area contributed by atoms with Crippen LogP contribution in [0.3, 0.4) is 0 Å². The Morgan fingerprint density at radius 1 is 1.15 bits per heavy atom. The zero-order valence-corrected chi connectivity index (χ0v) is 16.4. The van der Waals surface area contributed by atoms with Crippen LogP contribution in [0.15, 0.2) is 42.9 Å². The third-order valence-electron chi connectivity index (χ3n) is 4.08. The van der Waals surface area contributed by atoms with Gasteiger partial charge >= 0.3 is 0 Å². The van der Waals surface area contributed by atoms with Crippen LogP contribution in [0, 0.1) is 6.92 Å². The zero-order valence-electron chi connectivity index (χ0n) is 14.1. The van der Waals surface area contributed by atoms with Crippen LogP contribution in [0.1, 0.15) is 11.3 Å². The van der Waals surface area contributed by atoms with E-state index in [4.69, 9.17) is 39.5 Å². The third-order valence-corrected chi connectivity index (χ3v) is 5.20. The highest BCUT2D eigenvalue weighted by atomic mass is 35.5. The van der Waals surface area contributed by atoms with E-state index in [1.165, 1.54) is 6.20 Å². The van der Waals surface area contributed by atoms with Crippen LogP contribution in [0.4, 0.5) is 0 Å². The molecule has 0 aliphatic carbocycles. The first kappa shape index (κ1) is 18.0. The van der Waals surface area contributed by atoms with Crippen molar-refractivity contribution < 1.29 is 4.74 Å². The number of benzene rings is 1. The van der Waals surface area contributed by atoms with Crippen molar-refractivity contribution in [2.45, 2.75) is 13.5 Å². The van der Waals surface area contributed by atoms with Gasteiger partial charge in [0.25, 0.3) is 0 Å². The number of para-hydroxylation sites is 1. The van der Waals surface area contributed by atoms with E-state index in [0.29, 0.717) is 16.3 Å². The summed E-state index contributed by atoms with van der Waals surface area (Å²) < 4.78 is 6.00. The van der Waals surface area contributed by atoms with Gasteiger partial charge in [-0.3, -0.25) is 0 Å². The van der Waals surface area contributed by atoms with Crippen molar-refractivity contribution in [3.05, 3.63) is 69.3 Å². The average Bonchev–Trinajstić information content (AvgIpc) is 3.19. The largest absolute Gasteiger partial charge is 0.487 e. The van der Waals surface area contributed by atoms with E-state index in [0.717, 1.165) is 28.0 Å². The number of aromatic amines is 1. The molecule has 8 heteroatoms. The Kier molecular flexibility index (Phi) is 4.91. The second kappa shape index (κ2) is 7.35. The van der Waals surface area contributed by atoms with Gasteiger partial charge in [-0.2, -0.15) is 0 Å². The van der Waals surface area contributed by atoms with Crippen molar-refractivity contribution in [2.75, 3.05) is 0 Å². The van der Waals surface area contributed by atoms with Crippen molar-refractivity contribution >= 4 is 45.7 Å². The molecule has 0 bridgehead atoms. The smallest absolute Gasteiger partial charge is 0.148 e. The summed E-state index contributed by atoms with van der Waals surface area (Å²) in [5.41, 5.74) is 3.12. The lowest BCUT2D eigenvalue weighted by atomic mass is 10.1. The first-order valence-corrected chi connectivity index (χ1v) is 9.19. The van der Waals surface area contributed by atoms with Crippen molar-refractivity contribution in [3.8, 4) is 17.1 Å². The molecule has 4 rings (SSSR count). The maximum Gasteiger partial charge on any atom is 0.148 e. The fraction of sp³-hybridized carbons (Fsp3) is 0.105. The van der Waals surface area contributed by atoms with Gasteiger partial charge in [-0.05, 0) is 19.1 Å². The Labute approximate surface area is 170 Å². The van der Waals surface area contributed by atoms with Gasteiger partial charge < -0.3 is 9.72 Å². The van der Waals surface area contributed by atoms with Gasteiger partial charge in [0.15, 0.2) is 0 Å². The van der Waals surface area contributed by atoms with Gasteiger partial charge in [0, 0.05) is 40.8 Å². The van der Waals surface area contributed by atoms with E-state index < -0.39 is 0 Å². The summed E-state index contributed by atoms with van der Waals surface area (Å²) in [6, 6.07) is 7.73. The minimum Gasteiger partial charge on any atom is -0.487 e. The summed E-state index contributed by atoms with van der Waals surface area (Å²) in [4.78, 5) is 16.1. The number of imidazole rings is 1. The summed E-state index contributed by atoms with van der Waals surface area (Å²) in [6.45, 7) is 2.07. The maximum atomic E-state index is 6.21. The van der Waals surface area contributed by atoms with Crippen LogP contribution in [-0.2, 0) is 6.61 Å². The lowest BCUT2D eigenvalue weighted by molar-refractivity contribution is 0.309. The van der Waals surface area contributed by atoms with E-state index in [-0.39, 0.29) is 16.8 Å². The Morgan fingerprint density at radius 3 is 2.78 bits per heavy atom. The number of ether oxygens (including phenoxy) is 1. The summed E-state index contributed by atoms with van der Waals surface area (Å²) in [6.07, 6.45) is 4.96. The fourth-order valence-corrected chi connectivity index (χ4v) is 3.45. The number of aromatic nitrogens is 4. The number of rotatable bonds is 4. The predicted molar refractivity (Wildman–Crippen MR) is 108 cm³/mol. The molecule has 0 unspecified atom stereocenters. The molecule has 27 heavy (non-hydrogen) atoms. The van der Waals surface area contributed by atoms with Crippen LogP contribution in [0.2, 0.25) is 15.2 Å². The Hall–Kier alpha value is -2.34. The molecule has 1 aromatic carbocycles. The molecule has 0 atom stereocenters. The number of nitrogens with one attached hydrogen (secondary N) is 1. The number of hydrogen-bond donors (Lipinski definition) is 1. The topological polar surface area (TPSA) is 63.7 Å². The summed E-state index contributed by atoms with van der Waals surface area (Å²) in [7, 11) is 0. The molecular formula is C19H13Cl3N4O. The number of nitrogens with zero attached hydrogens (tertiary/aromatic N) is 3. The Bertz CT molecular complexity index is 1130. The third kappa shape index (κ3) is 3.46. The minimum absolute atomic E-state index is 0.144. The Balaban J connectivity index is 1.77. The molecule has 0 fully saturated rings. The highest BCUT2D eigenvalue weighted by Gasteiger charge is 2.15. The number of H-pyrrole nitrogens is 1. The van der Waals surface area contributed by atoms with Gasteiger partial charge in [-0.15, -0.1) is 0 Å². The van der Waals surface area contributed by atoms with Gasteiger partial charge in [0.05, 0.1) is 10.0 Å². The lowest BCUT2D eigenvalue weighted by Crippen LogP contribution is -2.00. The van der Waals surface area contributed by atoms with Crippen LogP contribution < -0.4 is 4.74 Å². The summed E-state index contributed by atoms with van der Waals surface area (Å²) in [5.74, 6) is 1.39. The van der Waals surface area contributed by atoms with Crippen molar-refractivity contribution in [2.24, 2.45) is 0 Å². The molecule has 3 aromatic heterocycles. The van der Waals surface area contributed by atoms with Gasteiger partial charge in [0.2, 0.25) is 0 Å². The van der Waals surface area contributed by atoms with Crippen molar-refractivity contribution in [1.29, 1.82) is 0 Å². The van der Waals surface area contributed by atoms with E-state index in [1.807, 2.05) is 31.2 Å². The molecule has 1 N–H and O–H groups in total. The van der Waals surface area contributed by atoms with E-state index in [1.54, 1.807) is 12.4 Å². The lowest BCUT2D eigenvalue weighted by Gasteiger charge is -2.13. The minimum atomic E-state index is 0.144. The van der Waals surface area contributed by atoms with E-state index in [2.05, 4.69) is 19.9 Å². The Morgan fingerprint density at radius 2 is 2.00 bits per heavy atom. The van der Waals surface area contributed by atoms with Crippen molar-refractivity contribution in [3.63, 3.8) is 0 Å². The molecule has 0 spiro atoms. The molecule has 5 nitrogen and oxygen atoms in total. The number of hydrogen-bond acceptors (Lipinski definition) is 4. The van der Waals surface area contributed by atoms with Crippen LogP contribution in [0.5, 0.6) is 5.75 Å². The molecule has 0 saturated carbocycles. The predicted octanol–water partition coefficient (Wildman–Crippen LogP) is 5.87. The zero-order chi connectivity index (χ0) is 19.0. The average molecular weight is 420 g/mol. The van der Waals surface area contributed by atoms with Gasteiger partial charge in [0.1, 0.15) is 28.9 Å². The first-order chi connectivity index (χ1) is 13.0. The van der Waals surface area contributed by atoms with Crippen LogP contribution in [0.25, 0.3) is 22.3 Å². The maximum absolute atomic E-state index is 6.21. The fourth-order valence-electron chi connectivity index (χ4n) is 2.83. The number of aryl methyl sites for hydroxylation is 1. The number of pyridine rings is 2.